The van der Waals surface area contributed by atoms with E-state index < -0.39 is 35.7 Å². The van der Waals surface area contributed by atoms with E-state index in [9.17, 15) is 46.1 Å². The highest BCUT2D eigenvalue weighted by molar-refractivity contribution is 5.70. The molecule has 6 aromatic rings. The maximum absolute atomic E-state index is 12.9. The number of aliphatic carboxylic acids is 2. The molecule has 14 nitrogen and oxygen atoms in total. The highest BCUT2D eigenvalue weighted by atomic mass is 19.4. The Balaban J connectivity index is 0.000000191. The summed E-state index contributed by atoms with van der Waals surface area (Å²) >= 11 is 0. The van der Waals surface area contributed by atoms with Crippen LogP contribution >= 0.6 is 0 Å². The van der Waals surface area contributed by atoms with Crippen molar-refractivity contribution in [2.24, 2.45) is 11.8 Å². The molecule has 0 radical (unpaired) electrons. The third-order valence-electron chi connectivity index (χ3n) is 11.3. The number of imidazole rings is 2. The van der Waals surface area contributed by atoms with Crippen LogP contribution < -0.4 is 10.6 Å². The van der Waals surface area contributed by atoms with E-state index in [0.717, 1.165) is 84.1 Å². The van der Waals surface area contributed by atoms with Crippen molar-refractivity contribution < 1.29 is 46.1 Å². The third kappa shape index (κ3) is 11.4. The second kappa shape index (κ2) is 18.9. The molecule has 0 saturated heterocycles. The molecule has 2 aromatic carbocycles. The molecule has 0 amide bonds. The number of anilines is 4. The second-order valence-electron chi connectivity index (χ2n) is 16.1. The Morgan fingerprint density at radius 3 is 1.30 bits per heavy atom. The smallest absolute Gasteiger partial charge is 0.433 e. The van der Waals surface area contributed by atoms with Crippen molar-refractivity contribution >= 4 is 35.2 Å². The Hall–Kier alpha value is -6.86. The number of halogens is 6. The first kappa shape index (κ1) is 45.2. The lowest BCUT2D eigenvalue weighted by molar-refractivity contribution is -0.143. The molecule has 0 atom stereocenters. The van der Waals surface area contributed by atoms with Crippen LogP contribution in [-0.4, -0.2) is 61.2 Å². The van der Waals surface area contributed by atoms with Crippen LogP contribution in [0.1, 0.15) is 97.1 Å². The average Bonchev–Trinajstić information content (AvgIpc) is 3.95. The monoisotopic (exact) mass is 890 g/mol. The van der Waals surface area contributed by atoms with Crippen LogP contribution in [0.3, 0.4) is 0 Å². The number of rotatable bonds is 10. The zero-order valence-electron chi connectivity index (χ0n) is 34.6. The highest BCUT2D eigenvalue weighted by Crippen LogP contribution is 2.37. The molecule has 4 heterocycles. The summed E-state index contributed by atoms with van der Waals surface area (Å²) in [4.78, 5) is 46.2. The number of hydrogen-bond donors (Lipinski definition) is 4. The van der Waals surface area contributed by atoms with Crippen molar-refractivity contribution in [3.05, 3.63) is 120 Å². The standard InChI is InChI=1S/2C22H22F3N5O2/c2*1-13-8-16(28-21-26-7-6-19(29-21)22(23,24)25)10-17(9-13)30-11-18(27-12-30)14-2-4-15(5-3-14)20(31)32/h2*6-12,14-15H,2-5H2,1H3,(H,31,32)(H,26,28,29). The number of aryl methyl sites for hydroxylation is 2. The molecule has 2 aliphatic carbocycles. The summed E-state index contributed by atoms with van der Waals surface area (Å²) in [6.45, 7) is 3.76. The molecule has 336 valence electrons. The molecule has 0 spiro atoms. The maximum atomic E-state index is 12.9. The molecule has 0 bridgehead atoms. The number of nitrogens with zero attached hydrogens (tertiary/aromatic N) is 8. The molecule has 0 unspecified atom stereocenters. The first-order chi connectivity index (χ1) is 30.4. The number of hydrogen-bond acceptors (Lipinski definition) is 10. The van der Waals surface area contributed by atoms with E-state index in [1.54, 1.807) is 36.9 Å². The summed E-state index contributed by atoms with van der Waals surface area (Å²) in [5, 5.41) is 24.0. The fourth-order valence-corrected chi connectivity index (χ4v) is 8.03. The predicted molar refractivity (Wildman–Crippen MR) is 222 cm³/mol. The van der Waals surface area contributed by atoms with Gasteiger partial charge in [0.15, 0.2) is 0 Å². The lowest BCUT2D eigenvalue weighted by Gasteiger charge is -2.24. The molecule has 8 rings (SSSR count). The van der Waals surface area contributed by atoms with Gasteiger partial charge >= 0.3 is 24.3 Å². The fraction of sp³-hybridized carbons (Fsp3) is 0.364. The first-order valence-corrected chi connectivity index (χ1v) is 20.5. The molecule has 64 heavy (non-hydrogen) atoms. The van der Waals surface area contributed by atoms with Crippen molar-refractivity contribution in [2.45, 2.75) is 89.4 Å². The van der Waals surface area contributed by atoms with Gasteiger partial charge < -0.3 is 30.0 Å². The number of alkyl halides is 6. The van der Waals surface area contributed by atoms with E-state index in [0.29, 0.717) is 37.1 Å². The van der Waals surface area contributed by atoms with Gasteiger partial charge in [-0.2, -0.15) is 26.3 Å². The minimum Gasteiger partial charge on any atom is -0.481 e. The fourth-order valence-electron chi connectivity index (χ4n) is 8.03. The minimum atomic E-state index is -4.55. The number of carboxylic acid groups (broad SMARTS) is 2. The van der Waals surface area contributed by atoms with Gasteiger partial charge in [0.1, 0.15) is 11.4 Å². The molecular weight excluding hydrogens is 847 g/mol. The topological polar surface area (TPSA) is 186 Å². The zero-order chi connectivity index (χ0) is 45.8. The zero-order valence-corrected chi connectivity index (χ0v) is 34.6. The first-order valence-electron chi connectivity index (χ1n) is 20.5. The Kier molecular flexibility index (Phi) is 13.3. The molecule has 2 saturated carbocycles. The summed E-state index contributed by atoms with van der Waals surface area (Å²) in [7, 11) is 0. The van der Waals surface area contributed by atoms with Crippen LogP contribution in [-0.2, 0) is 21.9 Å². The molecule has 4 N–H and O–H groups in total. The van der Waals surface area contributed by atoms with Crippen LogP contribution in [0, 0.1) is 25.7 Å². The van der Waals surface area contributed by atoms with E-state index in [1.165, 1.54) is 0 Å². The van der Waals surface area contributed by atoms with Gasteiger partial charge in [-0.3, -0.25) is 9.59 Å². The van der Waals surface area contributed by atoms with Crippen LogP contribution in [0.15, 0.2) is 86.0 Å². The lowest BCUT2D eigenvalue weighted by Crippen LogP contribution is -2.20. The summed E-state index contributed by atoms with van der Waals surface area (Å²) in [5.74, 6) is -1.89. The van der Waals surface area contributed by atoms with Gasteiger partial charge in [-0.05, 0) is 125 Å². The highest BCUT2D eigenvalue weighted by Gasteiger charge is 2.34. The Bertz CT molecular complexity index is 2420. The van der Waals surface area contributed by atoms with E-state index in [2.05, 4.69) is 40.5 Å². The number of benzene rings is 2. The quantitative estimate of drug-likeness (QED) is 0.0956. The maximum Gasteiger partial charge on any atom is 0.433 e. The van der Waals surface area contributed by atoms with Crippen molar-refractivity contribution in [2.75, 3.05) is 10.6 Å². The molecule has 2 fully saturated rings. The Morgan fingerprint density at radius 1 is 0.578 bits per heavy atom. The van der Waals surface area contributed by atoms with Gasteiger partial charge in [-0.1, -0.05) is 0 Å². The van der Waals surface area contributed by atoms with Crippen LogP contribution in [0.2, 0.25) is 0 Å². The van der Waals surface area contributed by atoms with Gasteiger partial charge in [0.2, 0.25) is 11.9 Å². The lowest BCUT2D eigenvalue weighted by atomic mass is 9.81. The Morgan fingerprint density at radius 2 is 0.953 bits per heavy atom. The van der Waals surface area contributed by atoms with Crippen molar-refractivity contribution in [3.8, 4) is 11.4 Å². The van der Waals surface area contributed by atoms with Gasteiger partial charge in [0, 0.05) is 59.4 Å². The molecule has 0 aliphatic heterocycles. The number of carboxylic acids is 2. The van der Waals surface area contributed by atoms with Crippen LogP contribution in [0.5, 0.6) is 0 Å². The van der Waals surface area contributed by atoms with Gasteiger partial charge in [0.05, 0.1) is 35.9 Å². The molecule has 4 aromatic heterocycles. The molecule has 20 heteroatoms. The number of aromatic nitrogens is 8. The molecular formula is C44H44F6N10O4. The van der Waals surface area contributed by atoms with Gasteiger partial charge in [0.25, 0.3) is 0 Å². The van der Waals surface area contributed by atoms with Crippen molar-refractivity contribution in [1.82, 2.24) is 39.0 Å². The largest absolute Gasteiger partial charge is 0.481 e. The van der Waals surface area contributed by atoms with E-state index in [-0.39, 0.29) is 35.6 Å². The third-order valence-corrected chi connectivity index (χ3v) is 11.3. The summed E-state index contributed by atoms with van der Waals surface area (Å²) in [6.07, 6.45) is 5.95. The van der Waals surface area contributed by atoms with Crippen LogP contribution in [0.4, 0.5) is 49.6 Å². The van der Waals surface area contributed by atoms with Gasteiger partial charge in [-0.15, -0.1) is 0 Å². The van der Waals surface area contributed by atoms with E-state index in [4.69, 9.17) is 0 Å². The van der Waals surface area contributed by atoms with Crippen molar-refractivity contribution in [3.63, 3.8) is 0 Å². The second-order valence-corrected chi connectivity index (χ2v) is 16.1. The SMILES string of the molecule is Cc1cc(Nc2nccc(C(F)(F)F)n2)cc(-n2cnc(C3CCC(C(=O)O)CC3)c2)c1.Cc1cc(Nc2nccc(C(F)(F)F)n2)cc(-n2cnc(C3CCC(C(=O)O)CC3)c2)c1. The van der Waals surface area contributed by atoms with Crippen LogP contribution in [0.25, 0.3) is 11.4 Å². The summed E-state index contributed by atoms with van der Waals surface area (Å²) in [6, 6.07) is 12.7. The van der Waals surface area contributed by atoms with Gasteiger partial charge in [-0.25, -0.2) is 29.9 Å². The minimum absolute atomic E-state index is 0.141. The number of nitrogens with one attached hydrogen (secondary N) is 2. The normalized spacial score (nSPS) is 19.0. The predicted octanol–water partition coefficient (Wildman–Crippen LogP) is 10.2. The van der Waals surface area contributed by atoms with Crippen molar-refractivity contribution in [1.29, 1.82) is 0 Å². The Labute approximate surface area is 362 Å². The number of carbonyl (C=O) groups is 2. The van der Waals surface area contributed by atoms with E-state index in [1.807, 2.05) is 47.5 Å². The summed E-state index contributed by atoms with van der Waals surface area (Å²) < 4.78 is 81.2. The average molecular weight is 891 g/mol. The summed E-state index contributed by atoms with van der Waals surface area (Å²) in [5.41, 5.74) is 4.27. The van der Waals surface area contributed by atoms with E-state index >= 15 is 0 Å². The molecule has 2 aliphatic rings.